The second kappa shape index (κ2) is 14.0. The van der Waals surface area contributed by atoms with E-state index < -0.39 is 0 Å². The largest absolute Gasteiger partial charge is 0.382 e. The van der Waals surface area contributed by atoms with E-state index >= 15 is 0 Å². The first-order valence-corrected chi connectivity index (χ1v) is 10.5. The van der Waals surface area contributed by atoms with Crippen molar-refractivity contribution in [1.82, 2.24) is 15.5 Å². The van der Waals surface area contributed by atoms with Gasteiger partial charge in [0.25, 0.3) is 0 Å². The zero-order valence-corrected chi connectivity index (χ0v) is 19.4. The molecule has 154 valence electrons. The fraction of sp³-hybridized carbons (Fsp3) is 0.950. The molecule has 6 heteroatoms. The minimum atomic E-state index is 0. The summed E-state index contributed by atoms with van der Waals surface area (Å²) in [6, 6.07) is 0. The zero-order valence-electron chi connectivity index (χ0n) is 17.0. The molecule has 0 spiro atoms. The molecule has 1 saturated carbocycles. The number of nitrogens with zero attached hydrogens (tertiary/aromatic N) is 2. The minimum absolute atomic E-state index is 0. The molecule has 0 atom stereocenters. The summed E-state index contributed by atoms with van der Waals surface area (Å²) in [5.41, 5.74) is 0.405. The summed E-state index contributed by atoms with van der Waals surface area (Å²) in [5.74, 6) is 0.962. The Bertz CT molecular complexity index is 380. The van der Waals surface area contributed by atoms with Crippen LogP contribution in [-0.4, -0.2) is 63.8 Å². The van der Waals surface area contributed by atoms with E-state index in [0.717, 1.165) is 32.3 Å². The first-order valence-electron chi connectivity index (χ1n) is 10.5. The van der Waals surface area contributed by atoms with Crippen molar-refractivity contribution in [2.24, 2.45) is 10.4 Å². The monoisotopic (exact) mass is 480 g/mol. The molecule has 0 bridgehead atoms. The van der Waals surface area contributed by atoms with Crippen molar-refractivity contribution < 1.29 is 4.74 Å². The molecule has 0 aromatic heterocycles. The van der Waals surface area contributed by atoms with Crippen LogP contribution < -0.4 is 10.6 Å². The van der Waals surface area contributed by atoms with E-state index in [9.17, 15) is 0 Å². The lowest BCUT2D eigenvalue weighted by atomic mass is 9.83. The third kappa shape index (κ3) is 8.74. The van der Waals surface area contributed by atoms with Gasteiger partial charge in [-0.25, -0.2) is 0 Å². The summed E-state index contributed by atoms with van der Waals surface area (Å²) in [7, 11) is 1.88. The summed E-state index contributed by atoms with van der Waals surface area (Å²) in [6.45, 7) is 9.70. The molecule has 0 radical (unpaired) electrons. The number of aliphatic imine (C=N–C) groups is 1. The molecule has 2 rings (SSSR count). The van der Waals surface area contributed by atoms with Crippen molar-refractivity contribution in [1.29, 1.82) is 0 Å². The number of hydrogen-bond donors (Lipinski definition) is 2. The normalized spacial score (nSPS) is 20.2. The number of hydrogen-bond acceptors (Lipinski definition) is 3. The van der Waals surface area contributed by atoms with Crippen LogP contribution in [0.2, 0.25) is 0 Å². The molecule has 2 aliphatic rings. The summed E-state index contributed by atoms with van der Waals surface area (Å²) >= 11 is 0. The minimum Gasteiger partial charge on any atom is -0.382 e. The molecule has 0 unspecified atom stereocenters. The van der Waals surface area contributed by atoms with E-state index in [1.54, 1.807) is 0 Å². The van der Waals surface area contributed by atoms with Gasteiger partial charge in [0.1, 0.15) is 0 Å². The highest BCUT2D eigenvalue weighted by Gasteiger charge is 2.33. The summed E-state index contributed by atoms with van der Waals surface area (Å²) < 4.78 is 5.61. The van der Waals surface area contributed by atoms with Crippen LogP contribution in [0, 0.1) is 5.41 Å². The van der Waals surface area contributed by atoms with E-state index in [4.69, 9.17) is 4.74 Å². The molecule has 0 amide bonds. The van der Waals surface area contributed by atoms with Crippen molar-refractivity contribution in [3.63, 3.8) is 0 Å². The van der Waals surface area contributed by atoms with Crippen LogP contribution in [0.5, 0.6) is 0 Å². The topological polar surface area (TPSA) is 48.9 Å². The van der Waals surface area contributed by atoms with E-state index in [2.05, 4.69) is 27.4 Å². The molecule has 5 nitrogen and oxygen atoms in total. The second-order valence-corrected chi connectivity index (χ2v) is 7.76. The molecule has 26 heavy (non-hydrogen) atoms. The third-order valence-corrected chi connectivity index (χ3v) is 5.89. The first kappa shape index (κ1) is 24.0. The Morgan fingerprint density at radius 1 is 1.08 bits per heavy atom. The van der Waals surface area contributed by atoms with Crippen LogP contribution in [0.25, 0.3) is 0 Å². The molecular weight excluding hydrogens is 439 g/mol. The van der Waals surface area contributed by atoms with E-state index in [1.807, 2.05) is 7.05 Å². The van der Waals surface area contributed by atoms with Gasteiger partial charge in [-0.05, 0) is 76.9 Å². The van der Waals surface area contributed by atoms with Crippen LogP contribution in [0.4, 0.5) is 0 Å². The van der Waals surface area contributed by atoms with Gasteiger partial charge < -0.3 is 20.3 Å². The van der Waals surface area contributed by atoms with Crippen LogP contribution in [0.15, 0.2) is 4.99 Å². The van der Waals surface area contributed by atoms with Crippen molar-refractivity contribution in [2.75, 3.05) is 53.0 Å². The average Bonchev–Trinajstić information content (AvgIpc) is 3.30. The maximum atomic E-state index is 5.61. The van der Waals surface area contributed by atoms with E-state index in [0.29, 0.717) is 5.41 Å². The Kier molecular flexibility index (Phi) is 12.9. The van der Waals surface area contributed by atoms with Gasteiger partial charge in [0.2, 0.25) is 0 Å². The highest BCUT2D eigenvalue weighted by Crippen LogP contribution is 2.40. The number of rotatable bonds is 11. The lowest BCUT2D eigenvalue weighted by molar-refractivity contribution is 0.105. The van der Waals surface area contributed by atoms with Gasteiger partial charge in [0.05, 0.1) is 0 Å². The Morgan fingerprint density at radius 2 is 1.81 bits per heavy atom. The Hall–Kier alpha value is -0.0800. The van der Waals surface area contributed by atoms with Crippen molar-refractivity contribution in [3.8, 4) is 0 Å². The average molecular weight is 480 g/mol. The molecule has 1 aliphatic carbocycles. The van der Waals surface area contributed by atoms with Gasteiger partial charge in [-0.3, -0.25) is 4.99 Å². The SMILES string of the molecule is CCOCCC1(CNC(=NC)NCCCCN2CCCC2)CCCC1.I. The number of guanidine groups is 1. The number of halogens is 1. The Balaban J connectivity index is 0.00000338. The maximum absolute atomic E-state index is 5.61. The second-order valence-electron chi connectivity index (χ2n) is 7.76. The van der Waals surface area contributed by atoms with E-state index in [1.165, 1.54) is 77.4 Å². The highest BCUT2D eigenvalue weighted by molar-refractivity contribution is 14.0. The quantitative estimate of drug-likeness (QED) is 0.205. The summed E-state index contributed by atoms with van der Waals surface area (Å²) in [6.07, 6.45) is 11.8. The fourth-order valence-corrected chi connectivity index (χ4v) is 4.24. The van der Waals surface area contributed by atoms with Crippen molar-refractivity contribution in [2.45, 2.75) is 64.7 Å². The molecule has 0 aromatic carbocycles. The smallest absolute Gasteiger partial charge is 0.190 e. The Morgan fingerprint density at radius 3 is 2.46 bits per heavy atom. The molecule has 1 saturated heterocycles. The lowest BCUT2D eigenvalue weighted by Crippen LogP contribution is -2.43. The van der Waals surface area contributed by atoms with Gasteiger partial charge >= 0.3 is 0 Å². The summed E-state index contributed by atoms with van der Waals surface area (Å²) in [5, 5.41) is 7.08. The van der Waals surface area contributed by atoms with Gasteiger partial charge in [-0.15, -0.1) is 24.0 Å². The van der Waals surface area contributed by atoms with Crippen LogP contribution >= 0.6 is 24.0 Å². The van der Waals surface area contributed by atoms with Gasteiger partial charge in [-0.2, -0.15) is 0 Å². The Labute approximate surface area is 178 Å². The van der Waals surface area contributed by atoms with Crippen LogP contribution in [-0.2, 0) is 4.74 Å². The van der Waals surface area contributed by atoms with Crippen LogP contribution in [0.3, 0.4) is 0 Å². The van der Waals surface area contributed by atoms with Crippen molar-refractivity contribution in [3.05, 3.63) is 0 Å². The zero-order chi connectivity index (χ0) is 17.8. The molecular formula is C20H41IN4O. The van der Waals surface area contributed by atoms with Gasteiger partial charge in [0.15, 0.2) is 5.96 Å². The van der Waals surface area contributed by atoms with Gasteiger partial charge in [0, 0.05) is 33.4 Å². The van der Waals surface area contributed by atoms with Gasteiger partial charge in [-0.1, -0.05) is 12.8 Å². The number of likely N-dealkylation sites (tertiary alicyclic amines) is 1. The van der Waals surface area contributed by atoms with E-state index in [-0.39, 0.29) is 24.0 Å². The predicted molar refractivity (Wildman–Crippen MR) is 122 cm³/mol. The molecule has 1 heterocycles. The molecule has 2 N–H and O–H groups in total. The van der Waals surface area contributed by atoms with Crippen molar-refractivity contribution >= 4 is 29.9 Å². The molecule has 1 aliphatic heterocycles. The summed E-state index contributed by atoms with van der Waals surface area (Å²) in [4.78, 5) is 7.00. The standard InChI is InChI=1S/C20H40N4O.HI/c1-3-25-17-12-20(10-4-5-11-20)18-23-19(21-2)22-13-6-7-14-24-15-8-9-16-24;/h3-18H2,1-2H3,(H2,21,22,23);1H. The molecule has 2 fully saturated rings. The number of unbranched alkanes of at least 4 members (excludes halogenated alkanes) is 1. The fourth-order valence-electron chi connectivity index (χ4n) is 4.24. The lowest BCUT2D eigenvalue weighted by Gasteiger charge is -2.30. The third-order valence-electron chi connectivity index (χ3n) is 5.89. The number of ether oxygens (including phenoxy) is 1. The molecule has 0 aromatic rings. The first-order chi connectivity index (χ1) is 12.3. The predicted octanol–water partition coefficient (Wildman–Crippen LogP) is 3.63. The van der Waals surface area contributed by atoms with Crippen LogP contribution in [0.1, 0.15) is 64.7 Å². The number of nitrogens with one attached hydrogen (secondary N) is 2. The maximum Gasteiger partial charge on any atom is 0.190 e. The highest BCUT2D eigenvalue weighted by atomic mass is 127.